The molecule has 0 bridgehead atoms. The number of H-pyrrole nitrogens is 1. The molecule has 2 aromatic rings. The fraction of sp³-hybridized carbons (Fsp3) is 0.333. The monoisotopic (exact) mass is 253 g/mol. The number of hydrogen-bond acceptors (Lipinski definition) is 5. The van der Waals surface area contributed by atoms with Gasteiger partial charge in [-0.1, -0.05) is 12.2 Å². The summed E-state index contributed by atoms with van der Waals surface area (Å²) in [4.78, 5) is 19.3. The number of fused-ring (bicyclic) bond motifs is 1. The number of nitrogens with one attached hydrogen (secondary N) is 2. The minimum Gasteiger partial charge on any atom is -0.289 e. The summed E-state index contributed by atoms with van der Waals surface area (Å²) >= 11 is 5.16. The molecule has 0 saturated carbocycles. The first-order chi connectivity index (χ1) is 8.10. The van der Waals surface area contributed by atoms with Crippen LogP contribution in [0.2, 0.25) is 0 Å². The molecular formula is C9H11N5O2S. The van der Waals surface area contributed by atoms with Crippen molar-refractivity contribution in [3.63, 3.8) is 0 Å². The summed E-state index contributed by atoms with van der Waals surface area (Å²) in [5.74, 6) is 0.743. The van der Waals surface area contributed by atoms with E-state index in [1.807, 2.05) is 6.92 Å². The van der Waals surface area contributed by atoms with Gasteiger partial charge in [0, 0.05) is 12.1 Å². The summed E-state index contributed by atoms with van der Waals surface area (Å²) in [7, 11) is 0. The summed E-state index contributed by atoms with van der Waals surface area (Å²) < 4.78 is 2.15. The Morgan fingerprint density at radius 3 is 3.12 bits per heavy atom. The summed E-state index contributed by atoms with van der Waals surface area (Å²) in [5.41, 5.74) is 2.24. The zero-order valence-electron chi connectivity index (χ0n) is 9.10. The van der Waals surface area contributed by atoms with Crippen LogP contribution in [0.1, 0.15) is 17.9 Å². The molecule has 3 N–H and O–H groups in total. The van der Waals surface area contributed by atoms with Gasteiger partial charge in [0.15, 0.2) is 0 Å². The molecule has 17 heavy (non-hydrogen) atoms. The molecule has 8 heteroatoms. The predicted molar refractivity (Wildman–Crippen MR) is 61.2 cm³/mol. The predicted octanol–water partition coefficient (Wildman–Crippen LogP) is 0.533. The Labute approximate surface area is 101 Å². The second-order valence-corrected chi connectivity index (χ2v) is 3.98. The highest BCUT2D eigenvalue weighted by Gasteiger charge is 2.06. The van der Waals surface area contributed by atoms with Gasteiger partial charge in [-0.3, -0.25) is 15.1 Å². The van der Waals surface area contributed by atoms with Crippen LogP contribution in [-0.2, 0) is 11.2 Å². The van der Waals surface area contributed by atoms with Gasteiger partial charge in [0.1, 0.15) is 10.5 Å². The third-order valence-electron chi connectivity index (χ3n) is 2.23. The standard InChI is InChI=1S/C9H11N5O2S/c1-5-10-9-11-6(2-3-7(15)13-16)4-8(17)14(9)12-5/h4,16H,2-3H2,1H3,(H,13,15)(H,10,11,12). The number of hydrogen-bond donors (Lipinski definition) is 3. The van der Waals surface area contributed by atoms with E-state index in [-0.39, 0.29) is 6.42 Å². The van der Waals surface area contributed by atoms with Gasteiger partial charge in [0.25, 0.3) is 5.78 Å². The summed E-state index contributed by atoms with van der Waals surface area (Å²) in [5, 5.41) is 11.3. The van der Waals surface area contributed by atoms with Crippen LogP contribution in [0, 0.1) is 11.6 Å². The van der Waals surface area contributed by atoms with Crippen LogP contribution in [0.25, 0.3) is 5.78 Å². The first-order valence-electron chi connectivity index (χ1n) is 4.98. The highest BCUT2D eigenvalue weighted by Crippen LogP contribution is 2.05. The molecule has 2 rings (SSSR count). The lowest BCUT2D eigenvalue weighted by atomic mass is 10.2. The van der Waals surface area contributed by atoms with Crippen LogP contribution < -0.4 is 5.48 Å². The van der Waals surface area contributed by atoms with Crippen molar-refractivity contribution in [1.82, 2.24) is 25.1 Å². The number of aryl methyl sites for hydroxylation is 2. The van der Waals surface area contributed by atoms with Gasteiger partial charge in [-0.05, 0) is 19.4 Å². The van der Waals surface area contributed by atoms with Gasteiger partial charge in [0.05, 0.1) is 0 Å². The average Bonchev–Trinajstić information content (AvgIpc) is 2.67. The SMILES string of the molecule is Cc1nc2nc(CCC(=O)NO)cc(=S)n2[nH]1. The number of rotatable bonds is 3. The van der Waals surface area contributed by atoms with Gasteiger partial charge in [-0.15, -0.1) is 0 Å². The molecule has 7 nitrogen and oxygen atoms in total. The number of nitrogens with zero attached hydrogens (tertiary/aromatic N) is 3. The molecule has 2 aromatic heterocycles. The summed E-state index contributed by atoms with van der Waals surface area (Å²) in [6.07, 6.45) is 0.552. The van der Waals surface area contributed by atoms with Crippen molar-refractivity contribution in [3.05, 3.63) is 22.2 Å². The second kappa shape index (κ2) is 4.60. The third kappa shape index (κ3) is 2.48. The van der Waals surface area contributed by atoms with E-state index in [0.717, 1.165) is 0 Å². The van der Waals surface area contributed by atoms with E-state index in [4.69, 9.17) is 17.4 Å². The van der Waals surface area contributed by atoms with Crippen LogP contribution in [0.15, 0.2) is 6.07 Å². The van der Waals surface area contributed by atoms with E-state index in [1.165, 1.54) is 0 Å². The Bertz CT molecular complexity index is 617. The molecule has 0 aliphatic carbocycles. The smallest absolute Gasteiger partial charge is 0.252 e. The van der Waals surface area contributed by atoms with Crippen molar-refractivity contribution in [1.29, 1.82) is 0 Å². The van der Waals surface area contributed by atoms with Crippen molar-refractivity contribution >= 4 is 23.9 Å². The van der Waals surface area contributed by atoms with E-state index in [2.05, 4.69) is 15.1 Å². The molecule has 0 aromatic carbocycles. The molecule has 0 aliphatic rings. The highest BCUT2D eigenvalue weighted by molar-refractivity contribution is 7.71. The second-order valence-electron chi connectivity index (χ2n) is 3.57. The first-order valence-corrected chi connectivity index (χ1v) is 5.39. The Kier molecular flexibility index (Phi) is 3.16. The minimum absolute atomic E-state index is 0.151. The molecule has 0 spiro atoms. The molecule has 0 radical (unpaired) electrons. The Morgan fingerprint density at radius 1 is 1.65 bits per heavy atom. The first kappa shape index (κ1) is 11.7. The highest BCUT2D eigenvalue weighted by atomic mass is 32.1. The van der Waals surface area contributed by atoms with Gasteiger partial charge >= 0.3 is 0 Å². The van der Waals surface area contributed by atoms with Crippen molar-refractivity contribution in [3.8, 4) is 0 Å². The average molecular weight is 253 g/mol. The lowest BCUT2D eigenvalue weighted by Gasteiger charge is -2.00. The van der Waals surface area contributed by atoms with Gasteiger partial charge in [-0.2, -0.15) is 4.98 Å². The lowest BCUT2D eigenvalue weighted by Crippen LogP contribution is -2.19. The molecule has 0 atom stereocenters. The van der Waals surface area contributed by atoms with E-state index < -0.39 is 5.91 Å². The molecule has 0 aliphatic heterocycles. The topological polar surface area (TPSA) is 95.3 Å². The van der Waals surface area contributed by atoms with E-state index >= 15 is 0 Å². The Balaban J connectivity index is 2.30. The minimum atomic E-state index is -0.455. The van der Waals surface area contributed by atoms with Crippen molar-refractivity contribution < 1.29 is 10.0 Å². The van der Waals surface area contributed by atoms with Gasteiger partial charge < -0.3 is 0 Å². The summed E-state index contributed by atoms with van der Waals surface area (Å²) in [6, 6.07) is 1.70. The Hall–Kier alpha value is -1.80. The number of carbonyl (C=O) groups is 1. The van der Waals surface area contributed by atoms with E-state index in [0.29, 0.717) is 28.4 Å². The molecular weight excluding hydrogens is 242 g/mol. The van der Waals surface area contributed by atoms with E-state index in [1.54, 1.807) is 16.1 Å². The number of aromatic nitrogens is 4. The third-order valence-corrected chi connectivity index (χ3v) is 2.53. The maximum absolute atomic E-state index is 10.9. The molecule has 0 unspecified atom stereocenters. The maximum atomic E-state index is 10.9. The molecule has 2 heterocycles. The van der Waals surface area contributed by atoms with Gasteiger partial charge in [-0.25, -0.2) is 15.0 Å². The van der Waals surface area contributed by atoms with Crippen LogP contribution in [0.5, 0.6) is 0 Å². The number of aromatic amines is 1. The quantitative estimate of drug-likeness (QED) is 0.421. The fourth-order valence-corrected chi connectivity index (χ4v) is 1.72. The molecule has 90 valence electrons. The maximum Gasteiger partial charge on any atom is 0.252 e. The lowest BCUT2D eigenvalue weighted by molar-refractivity contribution is -0.129. The van der Waals surface area contributed by atoms with Crippen molar-refractivity contribution in [2.45, 2.75) is 19.8 Å². The zero-order valence-corrected chi connectivity index (χ0v) is 9.91. The van der Waals surface area contributed by atoms with Crippen molar-refractivity contribution in [2.75, 3.05) is 0 Å². The zero-order chi connectivity index (χ0) is 12.4. The molecule has 0 saturated heterocycles. The molecule has 0 fully saturated rings. The fourth-order valence-electron chi connectivity index (χ4n) is 1.46. The number of hydroxylamine groups is 1. The largest absolute Gasteiger partial charge is 0.289 e. The van der Waals surface area contributed by atoms with E-state index in [9.17, 15) is 4.79 Å². The van der Waals surface area contributed by atoms with Crippen molar-refractivity contribution in [2.24, 2.45) is 0 Å². The van der Waals surface area contributed by atoms with Crippen LogP contribution in [-0.4, -0.2) is 30.7 Å². The normalized spacial score (nSPS) is 10.7. The Morgan fingerprint density at radius 2 is 2.41 bits per heavy atom. The number of carbonyl (C=O) groups excluding carboxylic acids is 1. The van der Waals surface area contributed by atoms with Gasteiger partial charge in [0.2, 0.25) is 5.91 Å². The van der Waals surface area contributed by atoms with Crippen LogP contribution in [0.4, 0.5) is 0 Å². The van der Waals surface area contributed by atoms with Crippen LogP contribution >= 0.6 is 12.2 Å². The summed E-state index contributed by atoms with van der Waals surface area (Å²) in [6.45, 7) is 1.81. The number of amides is 1. The van der Waals surface area contributed by atoms with Crippen LogP contribution in [0.3, 0.4) is 0 Å². The molecule has 1 amide bonds.